The molecular formula is C25H29Cl3FN3O4S. The molecule has 0 aliphatic heterocycles. The van der Waals surface area contributed by atoms with E-state index >= 15 is 0 Å². The normalized spacial score (nSPS) is 15.2. The highest BCUT2D eigenvalue weighted by Gasteiger charge is 2.31. The van der Waals surface area contributed by atoms with E-state index in [1.54, 1.807) is 19.1 Å². The van der Waals surface area contributed by atoms with Gasteiger partial charge in [0.15, 0.2) is 0 Å². The lowest BCUT2D eigenvalue weighted by Gasteiger charge is -2.33. The lowest BCUT2D eigenvalue weighted by molar-refractivity contribution is -0.139. The molecule has 0 aromatic heterocycles. The van der Waals surface area contributed by atoms with Gasteiger partial charge in [-0.05, 0) is 55.7 Å². The van der Waals surface area contributed by atoms with E-state index in [1.165, 1.54) is 17.0 Å². The smallest absolute Gasteiger partial charge is 0.244 e. The molecule has 2 aromatic carbocycles. The zero-order chi connectivity index (χ0) is 27.3. The molecule has 37 heavy (non-hydrogen) atoms. The van der Waals surface area contributed by atoms with Gasteiger partial charge in [-0.3, -0.25) is 13.9 Å². The molecule has 2 aromatic rings. The van der Waals surface area contributed by atoms with Gasteiger partial charge in [-0.15, -0.1) is 0 Å². The van der Waals surface area contributed by atoms with Crippen LogP contribution in [-0.4, -0.2) is 50.0 Å². The van der Waals surface area contributed by atoms with E-state index in [4.69, 9.17) is 34.8 Å². The molecule has 0 spiro atoms. The van der Waals surface area contributed by atoms with Crippen LogP contribution in [0.2, 0.25) is 15.1 Å². The fourth-order valence-electron chi connectivity index (χ4n) is 4.24. The fourth-order valence-corrected chi connectivity index (χ4v) is 5.72. The van der Waals surface area contributed by atoms with Crippen LogP contribution in [0.15, 0.2) is 36.4 Å². The quantitative estimate of drug-likeness (QED) is 0.421. The highest BCUT2D eigenvalue weighted by molar-refractivity contribution is 7.92. The van der Waals surface area contributed by atoms with Gasteiger partial charge < -0.3 is 10.2 Å². The Morgan fingerprint density at radius 3 is 2.32 bits per heavy atom. The van der Waals surface area contributed by atoms with Crippen LogP contribution in [0.3, 0.4) is 0 Å². The molecule has 0 radical (unpaired) electrons. The largest absolute Gasteiger partial charge is 0.352 e. The molecule has 2 amide bonds. The highest BCUT2D eigenvalue weighted by Crippen LogP contribution is 2.27. The lowest BCUT2D eigenvalue weighted by atomic mass is 9.95. The number of hydrogen-bond donors (Lipinski definition) is 1. The van der Waals surface area contributed by atoms with Gasteiger partial charge >= 0.3 is 0 Å². The molecule has 1 aliphatic rings. The van der Waals surface area contributed by atoms with E-state index in [1.807, 2.05) is 0 Å². The standard InChI is InChI=1S/C25H29Cl3FN3O4S/c1-16(25(34)30-19-6-4-3-5-7-19)31(14-17-8-9-18(26)12-21(17)27)24(33)15-32(37(2,35)36)20-10-11-23(29)22(28)13-20/h8-13,16,19H,3-7,14-15H2,1-2H3,(H,30,34). The topological polar surface area (TPSA) is 86.8 Å². The molecular weight excluding hydrogens is 564 g/mol. The van der Waals surface area contributed by atoms with E-state index in [9.17, 15) is 22.4 Å². The van der Waals surface area contributed by atoms with Gasteiger partial charge in [0, 0.05) is 22.6 Å². The molecule has 1 fully saturated rings. The predicted octanol–water partition coefficient (Wildman–Crippen LogP) is 5.42. The van der Waals surface area contributed by atoms with Gasteiger partial charge in [-0.2, -0.15) is 0 Å². The van der Waals surface area contributed by atoms with Crippen molar-refractivity contribution in [3.8, 4) is 0 Å². The van der Waals surface area contributed by atoms with Crippen molar-refractivity contribution in [2.45, 2.75) is 57.7 Å². The van der Waals surface area contributed by atoms with Crippen molar-refractivity contribution in [3.63, 3.8) is 0 Å². The first kappa shape index (κ1) is 29.5. The molecule has 1 N–H and O–H groups in total. The molecule has 1 aliphatic carbocycles. The summed E-state index contributed by atoms with van der Waals surface area (Å²) in [5.41, 5.74) is 0.554. The summed E-state index contributed by atoms with van der Waals surface area (Å²) in [6, 6.07) is 7.24. The second kappa shape index (κ2) is 12.7. The second-order valence-electron chi connectivity index (χ2n) is 9.14. The molecule has 0 bridgehead atoms. The average Bonchev–Trinajstić information content (AvgIpc) is 2.83. The first-order valence-electron chi connectivity index (χ1n) is 11.8. The van der Waals surface area contributed by atoms with Gasteiger partial charge in [0.25, 0.3) is 0 Å². The minimum atomic E-state index is -3.97. The van der Waals surface area contributed by atoms with Crippen LogP contribution in [0.25, 0.3) is 0 Å². The number of carbonyl (C=O) groups excluding carboxylic acids is 2. The molecule has 202 valence electrons. The van der Waals surface area contributed by atoms with E-state index in [-0.39, 0.29) is 29.2 Å². The van der Waals surface area contributed by atoms with Crippen molar-refractivity contribution in [3.05, 3.63) is 62.8 Å². The van der Waals surface area contributed by atoms with Gasteiger partial charge in [0.1, 0.15) is 18.4 Å². The van der Waals surface area contributed by atoms with Crippen LogP contribution in [0.1, 0.15) is 44.6 Å². The molecule has 1 saturated carbocycles. The van der Waals surface area contributed by atoms with Gasteiger partial charge in [0.05, 0.1) is 17.0 Å². The van der Waals surface area contributed by atoms with Crippen LogP contribution in [0.4, 0.5) is 10.1 Å². The Kier molecular flexibility index (Phi) is 10.1. The summed E-state index contributed by atoms with van der Waals surface area (Å²) in [5, 5.41) is 3.44. The number of rotatable bonds is 9. The monoisotopic (exact) mass is 591 g/mol. The summed E-state index contributed by atoms with van der Waals surface area (Å²) in [6.07, 6.45) is 5.82. The van der Waals surface area contributed by atoms with Crippen molar-refractivity contribution >= 4 is 62.3 Å². The maximum Gasteiger partial charge on any atom is 0.244 e. The Morgan fingerprint density at radius 2 is 1.73 bits per heavy atom. The third-order valence-corrected chi connectivity index (χ3v) is 8.36. The van der Waals surface area contributed by atoms with Crippen molar-refractivity contribution < 1.29 is 22.4 Å². The van der Waals surface area contributed by atoms with Gasteiger partial charge in [-0.25, -0.2) is 12.8 Å². The maximum absolute atomic E-state index is 13.7. The summed E-state index contributed by atoms with van der Waals surface area (Å²) in [4.78, 5) is 28.1. The third-order valence-electron chi connectivity index (χ3n) is 6.35. The number of hydrogen-bond acceptors (Lipinski definition) is 4. The number of halogens is 4. The van der Waals surface area contributed by atoms with E-state index < -0.39 is 34.3 Å². The first-order chi connectivity index (χ1) is 17.4. The summed E-state index contributed by atoms with van der Waals surface area (Å²) in [6.45, 7) is 0.891. The van der Waals surface area contributed by atoms with Crippen molar-refractivity contribution in [1.29, 1.82) is 0 Å². The Hall–Kier alpha value is -2.07. The Bertz CT molecular complexity index is 1260. The zero-order valence-electron chi connectivity index (χ0n) is 20.5. The van der Waals surface area contributed by atoms with E-state index in [0.29, 0.717) is 15.6 Å². The van der Waals surface area contributed by atoms with Crippen LogP contribution in [0.5, 0.6) is 0 Å². The van der Waals surface area contributed by atoms with E-state index in [2.05, 4.69) is 5.32 Å². The SMILES string of the molecule is CC(C(=O)NC1CCCCC1)N(Cc1ccc(Cl)cc1Cl)C(=O)CN(c1ccc(F)c(Cl)c1)S(C)(=O)=O. The second-order valence-corrected chi connectivity index (χ2v) is 12.3. The number of nitrogens with one attached hydrogen (secondary N) is 1. The maximum atomic E-state index is 13.7. The molecule has 1 unspecified atom stereocenters. The number of sulfonamides is 1. The summed E-state index contributed by atoms with van der Waals surface area (Å²) in [7, 11) is -3.97. The fraction of sp³-hybridized carbons (Fsp3) is 0.440. The molecule has 12 heteroatoms. The highest BCUT2D eigenvalue weighted by atomic mass is 35.5. The zero-order valence-corrected chi connectivity index (χ0v) is 23.6. The lowest BCUT2D eigenvalue weighted by Crippen LogP contribution is -2.53. The van der Waals surface area contributed by atoms with Gasteiger partial charge in [0.2, 0.25) is 21.8 Å². The number of carbonyl (C=O) groups is 2. The first-order valence-corrected chi connectivity index (χ1v) is 14.8. The van der Waals surface area contributed by atoms with Gasteiger partial charge in [-0.1, -0.05) is 60.1 Å². The van der Waals surface area contributed by atoms with Crippen LogP contribution in [0, 0.1) is 5.82 Å². The molecule has 1 atom stereocenters. The number of amides is 2. The van der Waals surface area contributed by atoms with Crippen molar-refractivity contribution in [2.75, 3.05) is 17.1 Å². The summed E-state index contributed by atoms with van der Waals surface area (Å²) >= 11 is 18.2. The number of benzene rings is 2. The predicted molar refractivity (Wildman–Crippen MR) is 145 cm³/mol. The molecule has 7 nitrogen and oxygen atoms in total. The average molecular weight is 593 g/mol. The molecule has 0 saturated heterocycles. The van der Waals surface area contributed by atoms with Crippen molar-refractivity contribution in [1.82, 2.24) is 10.2 Å². The minimum absolute atomic E-state index is 0.0195. The minimum Gasteiger partial charge on any atom is -0.352 e. The summed E-state index contributed by atoms with van der Waals surface area (Å²) < 4.78 is 39.7. The van der Waals surface area contributed by atoms with E-state index in [0.717, 1.165) is 54.8 Å². The Morgan fingerprint density at radius 1 is 1.05 bits per heavy atom. The van der Waals surface area contributed by atoms with Crippen LogP contribution in [-0.2, 0) is 26.2 Å². The third kappa shape index (κ3) is 7.96. The summed E-state index contributed by atoms with van der Waals surface area (Å²) in [5.74, 6) is -1.72. The van der Waals surface area contributed by atoms with Crippen molar-refractivity contribution in [2.24, 2.45) is 0 Å². The number of anilines is 1. The molecule has 0 heterocycles. The van der Waals surface area contributed by atoms with Crippen LogP contribution < -0.4 is 9.62 Å². The van der Waals surface area contributed by atoms with Crippen LogP contribution >= 0.6 is 34.8 Å². The Labute approximate surface area is 231 Å². The molecule has 3 rings (SSSR count). The Balaban J connectivity index is 1.91. The number of nitrogens with zero attached hydrogens (tertiary/aromatic N) is 2.